The standard InChI is InChI=1S/C26H25ClO3/c27-23-13-11-20(12-14-23)15-24-16-25(29-18-22-9-5-2-6-10-22)26(30-24)19-28-17-21-7-3-1-4-8-21/h1-15,25-26H,16-19H2/b24-15-/t25-,26+/m0/s1. The largest absolute Gasteiger partial charge is 0.489 e. The van der Waals surface area contributed by atoms with Gasteiger partial charge < -0.3 is 14.2 Å². The van der Waals surface area contributed by atoms with Gasteiger partial charge in [-0.1, -0.05) is 84.4 Å². The molecule has 0 amide bonds. The van der Waals surface area contributed by atoms with E-state index in [1.165, 1.54) is 0 Å². The maximum Gasteiger partial charge on any atom is 0.148 e. The van der Waals surface area contributed by atoms with Crippen molar-refractivity contribution in [3.8, 4) is 0 Å². The Bertz CT molecular complexity index is 939. The van der Waals surface area contributed by atoms with Gasteiger partial charge in [-0.15, -0.1) is 0 Å². The van der Waals surface area contributed by atoms with E-state index in [0.717, 1.165) is 33.9 Å². The zero-order chi connectivity index (χ0) is 20.6. The number of hydrogen-bond acceptors (Lipinski definition) is 3. The summed E-state index contributed by atoms with van der Waals surface area (Å²) in [5.74, 6) is 0.906. The van der Waals surface area contributed by atoms with Gasteiger partial charge >= 0.3 is 0 Å². The lowest BCUT2D eigenvalue weighted by atomic mass is 10.1. The first kappa shape index (κ1) is 20.7. The summed E-state index contributed by atoms with van der Waals surface area (Å²) in [6.45, 7) is 1.59. The van der Waals surface area contributed by atoms with Gasteiger partial charge in [0.25, 0.3) is 0 Å². The van der Waals surface area contributed by atoms with Gasteiger partial charge in [0.05, 0.1) is 25.6 Å². The molecule has 1 aliphatic rings. The van der Waals surface area contributed by atoms with Crippen LogP contribution >= 0.6 is 11.6 Å². The van der Waals surface area contributed by atoms with Crippen LogP contribution in [0, 0.1) is 0 Å². The summed E-state index contributed by atoms with van der Waals surface area (Å²) >= 11 is 5.99. The van der Waals surface area contributed by atoms with Gasteiger partial charge in [0, 0.05) is 11.4 Å². The predicted molar refractivity (Wildman–Crippen MR) is 120 cm³/mol. The zero-order valence-corrected chi connectivity index (χ0v) is 17.5. The fraction of sp³-hybridized carbons (Fsp3) is 0.231. The maximum atomic E-state index is 6.22. The van der Waals surface area contributed by atoms with E-state index in [4.69, 9.17) is 25.8 Å². The monoisotopic (exact) mass is 420 g/mol. The molecule has 0 N–H and O–H groups in total. The van der Waals surface area contributed by atoms with Crippen LogP contribution in [0.3, 0.4) is 0 Å². The quantitative estimate of drug-likeness (QED) is 0.429. The fourth-order valence-corrected chi connectivity index (χ4v) is 3.56. The highest BCUT2D eigenvalue weighted by Crippen LogP contribution is 2.29. The number of hydrogen-bond donors (Lipinski definition) is 0. The smallest absolute Gasteiger partial charge is 0.148 e. The van der Waals surface area contributed by atoms with E-state index in [2.05, 4.69) is 24.3 Å². The third kappa shape index (κ3) is 5.96. The molecule has 4 rings (SSSR count). The molecule has 1 aliphatic heterocycles. The van der Waals surface area contributed by atoms with Gasteiger partial charge in [0.2, 0.25) is 0 Å². The van der Waals surface area contributed by atoms with Crippen molar-refractivity contribution in [1.82, 2.24) is 0 Å². The molecule has 154 valence electrons. The second-order valence-corrected chi connectivity index (χ2v) is 7.79. The molecule has 1 fully saturated rings. The Hall–Kier alpha value is -2.59. The molecular weight excluding hydrogens is 396 g/mol. The first-order valence-electron chi connectivity index (χ1n) is 10.2. The minimum absolute atomic E-state index is 0.0560. The van der Waals surface area contributed by atoms with Gasteiger partial charge in [-0.3, -0.25) is 0 Å². The minimum Gasteiger partial charge on any atom is -0.489 e. The Morgan fingerprint density at radius 1 is 0.833 bits per heavy atom. The van der Waals surface area contributed by atoms with E-state index in [1.807, 2.05) is 66.7 Å². The molecule has 0 aliphatic carbocycles. The van der Waals surface area contributed by atoms with E-state index in [9.17, 15) is 0 Å². The molecule has 3 aromatic carbocycles. The highest BCUT2D eigenvalue weighted by molar-refractivity contribution is 6.30. The van der Waals surface area contributed by atoms with Gasteiger partial charge in [-0.2, -0.15) is 0 Å². The molecule has 0 unspecified atom stereocenters. The van der Waals surface area contributed by atoms with Crippen molar-refractivity contribution in [2.24, 2.45) is 0 Å². The number of benzene rings is 3. The predicted octanol–water partition coefficient (Wildman–Crippen LogP) is 6.27. The Morgan fingerprint density at radius 3 is 2.13 bits per heavy atom. The number of ether oxygens (including phenoxy) is 3. The van der Waals surface area contributed by atoms with Crippen LogP contribution in [0.15, 0.2) is 90.7 Å². The zero-order valence-electron chi connectivity index (χ0n) is 16.7. The van der Waals surface area contributed by atoms with Crippen LogP contribution in [0.1, 0.15) is 23.1 Å². The molecule has 3 aromatic rings. The van der Waals surface area contributed by atoms with Crippen molar-refractivity contribution in [3.63, 3.8) is 0 Å². The molecule has 30 heavy (non-hydrogen) atoms. The normalized spacial score (nSPS) is 19.7. The summed E-state index contributed by atoms with van der Waals surface area (Å²) in [4.78, 5) is 0. The van der Waals surface area contributed by atoms with Gasteiger partial charge in [-0.25, -0.2) is 0 Å². The summed E-state index contributed by atoms with van der Waals surface area (Å²) in [6.07, 6.45) is 2.57. The molecule has 3 nitrogen and oxygen atoms in total. The molecule has 4 heteroatoms. The molecule has 0 radical (unpaired) electrons. The number of halogens is 1. The van der Waals surface area contributed by atoms with Gasteiger partial charge in [-0.05, 0) is 34.9 Å². The highest BCUT2D eigenvalue weighted by atomic mass is 35.5. The summed E-state index contributed by atoms with van der Waals surface area (Å²) < 4.78 is 18.4. The SMILES string of the molecule is Clc1ccc(/C=C2/C[C@H](OCc3ccccc3)[C@@H](COCc3ccccc3)O2)cc1. The van der Waals surface area contributed by atoms with Crippen molar-refractivity contribution in [2.75, 3.05) is 6.61 Å². The molecule has 1 heterocycles. The van der Waals surface area contributed by atoms with E-state index in [1.54, 1.807) is 0 Å². The van der Waals surface area contributed by atoms with Crippen LogP contribution in [0.25, 0.3) is 6.08 Å². The Balaban J connectivity index is 1.40. The summed E-state index contributed by atoms with van der Waals surface area (Å²) in [5, 5.41) is 0.723. The molecule has 1 saturated heterocycles. The van der Waals surface area contributed by atoms with Crippen molar-refractivity contribution >= 4 is 17.7 Å². The van der Waals surface area contributed by atoms with E-state index >= 15 is 0 Å². The van der Waals surface area contributed by atoms with Crippen LogP contribution in [0.2, 0.25) is 5.02 Å². The van der Waals surface area contributed by atoms with Gasteiger partial charge in [0.1, 0.15) is 12.2 Å². The second kappa shape index (κ2) is 10.4. The summed E-state index contributed by atoms with van der Waals surface area (Å²) in [6, 6.07) is 28.1. The highest BCUT2D eigenvalue weighted by Gasteiger charge is 2.33. The Labute approximate surface area is 182 Å². The molecule has 2 atom stereocenters. The topological polar surface area (TPSA) is 27.7 Å². The molecule has 0 saturated carbocycles. The van der Waals surface area contributed by atoms with Crippen molar-refractivity contribution < 1.29 is 14.2 Å². The lowest BCUT2D eigenvalue weighted by Gasteiger charge is -2.19. The van der Waals surface area contributed by atoms with Crippen molar-refractivity contribution in [2.45, 2.75) is 31.8 Å². The maximum absolute atomic E-state index is 6.22. The van der Waals surface area contributed by atoms with Gasteiger partial charge in [0.15, 0.2) is 0 Å². The Morgan fingerprint density at radius 2 is 1.47 bits per heavy atom. The summed E-state index contributed by atoms with van der Waals surface area (Å²) in [7, 11) is 0. The van der Waals surface area contributed by atoms with Crippen LogP contribution < -0.4 is 0 Å². The van der Waals surface area contributed by atoms with Crippen molar-refractivity contribution in [3.05, 3.63) is 112 Å². The number of rotatable bonds is 8. The van der Waals surface area contributed by atoms with E-state index < -0.39 is 0 Å². The van der Waals surface area contributed by atoms with Crippen molar-refractivity contribution in [1.29, 1.82) is 0 Å². The lowest BCUT2D eigenvalue weighted by molar-refractivity contribution is -0.0528. The average Bonchev–Trinajstić information content (AvgIpc) is 3.17. The third-order valence-electron chi connectivity index (χ3n) is 5.02. The minimum atomic E-state index is -0.143. The average molecular weight is 421 g/mol. The molecule has 0 aromatic heterocycles. The van der Waals surface area contributed by atoms with Crippen LogP contribution in [0.4, 0.5) is 0 Å². The van der Waals surface area contributed by atoms with Crippen LogP contribution in [-0.2, 0) is 27.4 Å². The molecular formula is C26H25ClO3. The van der Waals surface area contributed by atoms with E-state index in [0.29, 0.717) is 19.8 Å². The Kier molecular flexibility index (Phi) is 7.20. The fourth-order valence-electron chi connectivity index (χ4n) is 3.44. The molecule has 0 bridgehead atoms. The first-order valence-corrected chi connectivity index (χ1v) is 10.5. The van der Waals surface area contributed by atoms with Crippen LogP contribution in [-0.4, -0.2) is 18.8 Å². The van der Waals surface area contributed by atoms with E-state index in [-0.39, 0.29) is 12.2 Å². The second-order valence-electron chi connectivity index (χ2n) is 7.36. The summed E-state index contributed by atoms with van der Waals surface area (Å²) in [5.41, 5.74) is 3.35. The third-order valence-corrected chi connectivity index (χ3v) is 5.27. The first-order chi connectivity index (χ1) is 14.8. The lowest BCUT2D eigenvalue weighted by Crippen LogP contribution is -2.29. The van der Waals surface area contributed by atoms with Crippen LogP contribution in [0.5, 0.6) is 0 Å². The molecule has 0 spiro atoms.